The molecule has 0 unspecified atom stereocenters. The Morgan fingerprint density at radius 1 is 1.44 bits per heavy atom. The Bertz CT molecular complexity index is 340. The smallest absolute Gasteiger partial charge is 0.233 e. The van der Waals surface area contributed by atoms with Crippen molar-refractivity contribution < 1.29 is 4.74 Å². The zero-order valence-electron chi connectivity index (χ0n) is 9.40. The molecule has 1 aromatic heterocycles. The molecule has 0 atom stereocenters. The molecular formula is C11H16ClN3O. The fraction of sp³-hybridized carbons (Fsp3) is 0.636. The van der Waals surface area contributed by atoms with Crippen molar-refractivity contribution in [2.24, 2.45) is 5.92 Å². The standard InChI is InChI=1S/C11H16ClN3O/c1-16-11-8-13-7-10(14-11)15-4-2-9(6-12)3-5-15/h7-9H,2-6H2,1H3. The van der Waals surface area contributed by atoms with Gasteiger partial charge in [0, 0.05) is 19.0 Å². The lowest BCUT2D eigenvalue weighted by Crippen LogP contribution is -2.34. The fourth-order valence-electron chi connectivity index (χ4n) is 1.91. The van der Waals surface area contributed by atoms with E-state index in [4.69, 9.17) is 16.3 Å². The lowest BCUT2D eigenvalue weighted by molar-refractivity contribution is 0.393. The minimum atomic E-state index is 0.567. The molecule has 1 fully saturated rings. The number of halogens is 1. The van der Waals surface area contributed by atoms with E-state index in [0.717, 1.165) is 37.6 Å². The number of ether oxygens (including phenoxy) is 1. The predicted octanol–water partition coefficient (Wildman–Crippen LogP) is 1.94. The molecule has 2 heterocycles. The van der Waals surface area contributed by atoms with E-state index in [-0.39, 0.29) is 0 Å². The van der Waals surface area contributed by atoms with Gasteiger partial charge in [0.15, 0.2) is 5.82 Å². The van der Waals surface area contributed by atoms with Crippen LogP contribution in [0.3, 0.4) is 0 Å². The molecule has 1 aliphatic heterocycles. The molecule has 1 aliphatic rings. The molecule has 0 aromatic carbocycles. The summed E-state index contributed by atoms with van der Waals surface area (Å²) in [6.07, 6.45) is 5.66. The van der Waals surface area contributed by atoms with Crippen LogP contribution in [0.2, 0.25) is 0 Å². The number of anilines is 1. The van der Waals surface area contributed by atoms with Gasteiger partial charge in [-0.15, -0.1) is 11.6 Å². The first-order valence-corrected chi connectivity index (χ1v) is 6.04. The van der Waals surface area contributed by atoms with Gasteiger partial charge in [-0.2, -0.15) is 4.98 Å². The molecule has 16 heavy (non-hydrogen) atoms. The van der Waals surface area contributed by atoms with Gasteiger partial charge in [-0.05, 0) is 18.8 Å². The van der Waals surface area contributed by atoms with Crippen molar-refractivity contribution in [2.75, 3.05) is 31.0 Å². The van der Waals surface area contributed by atoms with E-state index in [0.29, 0.717) is 11.8 Å². The third-order valence-corrected chi connectivity index (χ3v) is 3.40. The van der Waals surface area contributed by atoms with Gasteiger partial charge in [0.2, 0.25) is 5.88 Å². The van der Waals surface area contributed by atoms with Crippen LogP contribution in [-0.2, 0) is 0 Å². The summed E-state index contributed by atoms with van der Waals surface area (Å²) < 4.78 is 5.07. The zero-order valence-corrected chi connectivity index (χ0v) is 10.2. The number of alkyl halides is 1. The molecule has 0 amide bonds. The van der Waals surface area contributed by atoms with Crippen LogP contribution in [0.4, 0.5) is 5.82 Å². The van der Waals surface area contributed by atoms with Crippen molar-refractivity contribution in [3.05, 3.63) is 12.4 Å². The van der Waals surface area contributed by atoms with Gasteiger partial charge in [-0.25, -0.2) is 0 Å². The molecule has 0 spiro atoms. The average molecular weight is 242 g/mol. The van der Waals surface area contributed by atoms with Crippen molar-refractivity contribution >= 4 is 17.4 Å². The summed E-state index contributed by atoms with van der Waals surface area (Å²) in [5.41, 5.74) is 0. The van der Waals surface area contributed by atoms with Crippen LogP contribution in [0.25, 0.3) is 0 Å². The Labute approximate surface area is 101 Å². The van der Waals surface area contributed by atoms with Crippen molar-refractivity contribution in [3.63, 3.8) is 0 Å². The first-order valence-electron chi connectivity index (χ1n) is 5.50. The highest BCUT2D eigenvalue weighted by atomic mass is 35.5. The van der Waals surface area contributed by atoms with Crippen LogP contribution < -0.4 is 9.64 Å². The number of nitrogens with zero attached hydrogens (tertiary/aromatic N) is 3. The first-order chi connectivity index (χ1) is 7.83. The first kappa shape index (κ1) is 11.5. The summed E-state index contributed by atoms with van der Waals surface area (Å²) in [5.74, 6) is 2.87. The van der Waals surface area contributed by atoms with Gasteiger partial charge in [0.25, 0.3) is 0 Å². The monoisotopic (exact) mass is 241 g/mol. The van der Waals surface area contributed by atoms with Gasteiger partial charge < -0.3 is 9.64 Å². The highest BCUT2D eigenvalue weighted by Crippen LogP contribution is 2.23. The van der Waals surface area contributed by atoms with Gasteiger partial charge in [-0.3, -0.25) is 4.98 Å². The molecular weight excluding hydrogens is 226 g/mol. The topological polar surface area (TPSA) is 38.2 Å². The fourth-order valence-corrected chi connectivity index (χ4v) is 2.21. The summed E-state index contributed by atoms with van der Waals surface area (Å²) in [6, 6.07) is 0. The van der Waals surface area contributed by atoms with Gasteiger partial charge in [-0.1, -0.05) is 0 Å². The Morgan fingerprint density at radius 2 is 2.19 bits per heavy atom. The van der Waals surface area contributed by atoms with Gasteiger partial charge in [0.1, 0.15) is 0 Å². The zero-order chi connectivity index (χ0) is 11.4. The van der Waals surface area contributed by atoms with Crippen LogP contribution in [0.15, 0.2) is 12.4 Å². The predicted molar refractivity (Wildman–Crippen MR) is 64.2 cm³/mol. The molecule has 0 N–H and O–H groups in total. The summed E-state index contributed by atoms with van der Waals surface area (Å²) in [5, 5.41) is 0. The second-order valence-electron chi connectivity index (χ2n) is 4.00. The molecule has 1 saturated heterocycles. The molecule has 0 bridgehead atoms. The van der Waals surface area contributed by atoms with Crippen molar-refractivity contribution in [2.45, 2.75) is 12.8 Å². The van der Waals surface area contributed by atoms with E-state index in [1.165, 1.54) is 0 Å². The largest absolute Gasteiger partial charge is 0.480 e. The van der Waals surface area contributed by atoms with Gasteiger partial charge in [0.05, 0.1) is 19.5 Å². The number of rotatable bonds is 3. The maximum atomic E-state index is 5.86. The molecule has 4 nitrogen and oxygen atoms in total. The van der Waals surface area contributed by atoms with E-state index in [2.05, 4.69) is 14.9 Å². The molecule has 88 valence electrons. The average Bonchev–Trinajstić information content (AvgIpc) is 2.39. The van der Waals surface area contributed by atoms with E-state index >= 15 is 0 Å². The van der Waals surface area contributed by atoms with E-state index in [9.17, 15) is 0 Å². The lowest BCUT2D eigenvalue weighted by Gasteiger charge is -2.31. The van der Waals surface area contributed by atoms with Gasteiger partial charge >= 0.3 is 0 Å². The summed E-state index contributed by atoms with van der Waals surface area (Å²) in [7, 11) is 1.60. The Hall–Kier alpha value is -1.03. The second-order valence-corrected chi connectivity index (χ2v) is 4.31. The molecule has 0 aliphatic carbocycles. The Morgan fingerprint density at radius 3 is 2.81 bits per heavy atom. The normalized spacial score (nSPS) is 17.5. The minimum Gasteiger partial charge on any atom is -0.480 e. The van der Waals surface area contributed by atoms with Crippen LogP contribution >= 0.6 is 11.6 Å². The van der Waals surface area contributed by atoms with E-state index in [1.54, 1.807) is 19.5 Å². The lowest BCUT2D eigenvalue weighted by atomic mass is 9.99. The third-order valence-electron chi connectivity index (χ3n) is 2.97. The number of methoxy groups -OCH3 is 1. The second kappa shape index (κ2) is 5.34. The SMILES string of the molecule is COc1cncc(N2CCC(CCl)CC2)n1. The van der Waals surface area contributed by atoms with Crippen LogP contribution in [0.5, 0.6) is 5.88 Å². The Balaban J connectivity index is 2.02. The maximum absolute atomic E-state index is 5.86. The molecule has 1 aromatic rings. The maximum Gasteiger partial charge on any atom is 0.233 e. The summed E-state index contributed by atoms with van der Waals surface area (Å²) >= 11 is 5.86. The van der Waals surface area contributed by atoms with Crippen molar-refractivity contribution in [1.29, 1.82) is 0 Å². The van der Waals surface area contributed by atoms with Crippen LogP contribution in [0.1, 0.15) is 12.8 Å². The number of aromatic nitrogens is 2. The van der Waals surface area contributed by atoms with Crippen LogP contribution in [-0.4, -0.2) is 36.0 Å². The quantitative estimate of drug-likeness (QED) is 0.759. The summed E-state index contributed by atoms with van der Waals surface area (Å²) in [4.78, 5) is 10.7. The molecule has 0 radical (unpaired) electrons. The molecule has 5 heteroatoms. The minimum absolute atomic E-state index is 0.567. The van der Waals surface area contributed by atoms with Crippen molar-refractivity contribution in [1.82, 2.24) is 9.97 Å². The van der Waals surface area contributed by atoms with Crippen molar-refractivity contribution in [3.8, 4) is 5.88 Å². The van der Waals surface area contributed by atoms with Crippen LogP contribution in [0, 0.1) is 5.92 Å². The molecule has 2 rings (SSSR count). The number of hydrogen-bond donors (Lipinski definition) is 0. The number of hydrogen-bond acceptors (Lipinski definition) is 4. The summed E-state index contributed by atoms with van der Waals surface area (Å²) in [6.45, 7) is 2.00. The highest BCUT2D eigenvalue weighted by Gasteiger charge is 2.19. The Kier molecular flexibility index (Phi) is 3.83. The third kappa shape index (κ3) is 2.55. The van der Waals surface area contributed by atoms with E-state index < -0.39 is 0 Å². The van der Waals surface area contributed by atoms with E-state index in [1.807, 2.05) is 0 Å². The number of piperidine rings is 1. The molecule has 0 saturated carbocycles. The highest BCUT2D eigenvalue weighted by molar-refractivity contribution is 6.18.